The zero-order valence-corrected chi connectivity index (χ0v) is 14.4. The lowest BCUT2D eigenvalue weighted by molar-refractivity contribution is -0.127. The van der Waals surface area contributed by atoms with Crippen molar-refractivity contribution in [1.82, 2.24) is 4.90 Å². The van der Waals surface area contributed by atoms with Crippen LogP contribution in [0.1, 0.15) is 12.8 Å². The fourth-order valence-electron chi connectivity index (χ4n) is 3.42. The maximum Gasteiger partial charge on any atom is 0.232 e. The number of hydrogen-bond acceptors (Lipinski definition) is 4. The van der Waals surface area contributed by atoms with E-state index in [2.05, 4.69) is 0 Å². The molecule has 0 aromatic heterocycles. The van der Waals surface area contributed by atoms with Gasteiger partial charge >= 0.3 is 0 Å². The molecular weight excluding hydrogens is 320 g/mol. The first-order chi connectivity index (χ1) is 10.2. The molecule has 3 unspecified atom stereocenters. The second-order valence-electron chi connectivity index (χ2n) is 5.93. The number of nitrogens with two attached hydrogens (primary N) is 1. The zero-order valence-electron chi connectivity index (χ0n) is 12.7. The highest BCUT2D eigenvalue weighted by Crippen LogP contribution is 2.37. The van der Waals surface area contributed by atoms with Crippen molar-refractivity contribution in [2.45, 2.75) is 23.8 Å². The van der Waals surface area contributed by atoms with Crippen LogP contribution in [0.25, 0.3) is 0 Å². The number of methoxy groups -OCH3 is 1. The van der Waals surface area contributed by atoms with Crippen LogP contribution in [-0.4, -0.2) is 42.8 Å². The molecule has 1 heterocycles. The number of thioether (sulfide) groups is 1. The minimum absolute atomic E-state index is 0. The number of nitrogens with zero attached hydrogens (tertiary/aromatic N) is 1. The van der Waals surface area contributed by atoms with E-state index in [1.807, 2.05) is 29.2 Å². The van der Waals surface area contributed by atoms with E-state index < -0.39 is 0 Å². The molecular formula is C16H23ClN2O2S. The number of carbonyl (C=O) groups excluding carboxylic acids is 1. The Kier molecular flexibility index (Phi) is 6.01. The maximum atomic E-state index is 12.3. The molecule has 6 heteroatoms. The number of rotatable bonds is 4. The van der Waals surface area contributed by atoms with Gasteiger partial charge in [-0.1, -0.05) is 0 Å². The third-order valence-electron chi connectivity index (χ3n) is 4.69. The molecule has 0 bridgehead atoms. The molecule has 0 radical (unpaired) electrons. The summed E-state index contributed by atoms with van der Waals surface area (Å²) in [6, 6.07) is 8.12. The van der Waals surface area contributed by atoms with Gasteiger partial charge < -0.3 is 15.4 Å². The summed E-state index contributed by atoms with van der Waals surface area (Å²) in [7, 11) is 1.65. The topological polar surface area (TPSA) is 55.6 Å². The van der Waals surface area contributed by atoms with Crippen molar-refractivity contribution in [3.63, 3.8) is 0 Å². The van der Waals surface area contributed by atoms with Crippen LogP contribution in [0.15, 0.2) is 29.2 Å². The molecule has 1 amide bonds. The fraction of sp³-hybridized carbons (Fsp3) is 0.562. The highest BCUT2D eigenvalue weighted by atomic mass is 35.5. The number of halogens is 1. The summed E-state index contributed by atoms with van der Waals surface area (Å²) in [5.74, 6) is 2.74. The Labute approximate surface area is 142 Å². The number of likely N-dealkylation sites (tertiary alicyclic amines) is 1. The first-order valence-corrected chi connectivity index (χ1v) is 8.46. The molecule has 2 aliphatic rings. The predicted molar refractivity (Wildman–Crippen MR) is 91.7 cm³/mol. The summed E-state index contributed by atoms with van der Waals surface area (Å²) in [4.78, 5) is 15.4. The van der Waals surface area contributed by atoms with Gasteiger partial charge in [-0.15, -0.1) is 24.2 Å². The number of fused-ring (bicyclic) bond motifs is 1. The Balaban J connectivity index is 0.00000176. The van der Waals surface area contributed by atoms with E-state index in [4.69, 9.17) is 10.5 Å². The Morgan fingerprint density at radius 2 is 2.05 bits per heavy atom. The van der Waals surface area contributed by atoms with Gasteiger partial charge in [-0.05, 0) is 48.9 Å². The molecule has 2 fully saturated rings. The first-order valence-electron chi connectivity index (χ1n) is 7.47. The average Bonchev–Trinajstić information content (AvgIpc) is 3.08. The van der Waals surface area contributed by atoms with Crippen LogP contribution >= 0.6 is 24.2 Å². The molecule has 1 saturated carbocycles. The van der Waals surface area contributed by atoms with E-state index in [1.165, 1.54) is 6.42 Å². The summed E-state index contributed by atoms with van der Waals surface area (Å²) in [5.41, 5.74) is 6.12. The van der Waals surface area contributed by atoms with Gasteiger partial charge in [-0.25, -0.2) is 0 Å². The third-order valence-corrected chi connectivity index (χ3v) is 5.68. The average molecular weight is 343 g/mol. The van der Waals surface area contributed by atoms with E-state index in [-0.39, 0.29) is 18.3 Å². The number of amides is 1. The van der Waals surface area contributed by atoms with Crippen molar-refractivity contribution in [1.29, 1.82) is 0 Å². The van der Waals surface area contributed by atoms with E-state index in [0.717, 1.165) is 30.2 Å². The monoisotopic (exact) mass is 342 g/mol. The van der Waals surface area contributed by atoms with Crippen LogP contribution in [-0.2, 0) is 4.79 Å². The van der Waals surface area contributed by atoms with Crippen LogP contribution in [0.2, 0.25) is 0 Å². The molecule has 3 atom stereocenters. The number of hydrogen-bond donors (Lipinski definition) is 1. The predicted octanol–water partition coefficient (Wildman–Crippen LogP) is 2.40. The van der Waals surface area contributed by atoms with Crippen molar-refractivity contribution in [2.24, 2.45) is 17.6 Å². The van der Waals surface area contributed by atoms with E-state index >= 15 is 0 Å². The standard InChI is InChI=1S/C16H22N2O2S.ClH/c1-20-12-3-5-13(6-4-12)21-10-16(19)18-8-11-2-7-15(17)14(11)9-18;/h3-6,11,14-15H,2,7-10,17H2,1H3;1H. The van der Waals surface area contributed by atoms with E-state index in [1.54, 1.807) is 18.9 Å². The Morgan fingerprint density at radius 3 is 2.68 bits per heavy atom. The third kappa shape index (κ3) is 3.70. The molecule has 4 nitrogen and oxygen atoms in total. The highest BCUT2D eigenvalue weighted by Gasteiger charge is 2.42. The summed E-state index contributed by atoms with van der Waals surface area (Å²) < 4.78 is 5.13. The van der Waals surface area contributed by atoms with Crippen LogP contribution in [0.4, 0.5) is 0 Å². The van der Waals surface area contributed by atoms with Gasteiger partial charge in [0.1, 0.15) is 5.75 Å². The molecule has 1 aromatic rings. The second kappa shape index (κ2) is 7.57. The van der Waals surface area contributed by atoms with Crippen LogP contribution < -0.4 is 10.5 Å². The molecule has 1 aliphatic carbocycles. The molecule has 122 valence electrons. The SMILES string of the molecule is COc1ccc(SCC(=O)N2CC3CCC(N)C3C2)cc1.Cl. The smallest absolute Gasteiger partial charge is 0.232 e. The van der Waals surface area contributed by atoms with E-state index in [9.17, 15) is 4.79 Å². The van der Waals surface area contributed by atoms with Gasteiger partial charge in [0.05, 0.1) is 12.9 Å². The fourth-order valence-corrected chi connectivity index (χ4v) is 4.22. The molecule has 3 rings (SSSR count). The van der Waals surface area contributed by atoms with Crippen molar-refractivity contribution in [3.8, 4) is 5.75 Å². The summed E-state index contributed by atoms with van der Waals surface area (Å²) in [5, 5.41) is 0. The maximum absolute atomic E-state index is 12.3. The summed E-state index contributed by atoms with van der Waals surface area (Å²) in [6.07, 6.45) is 2.30. The van der Waals surface area contributed by atoms with Crippen molar-refractivity contribution >= 4 is 30.1 Å². The van der Waals surface area contributed by atoms with Crippen LogP contribution in [0.5, 0.6) is 5.75 Å². The molecule has 1 saturated heterocycles. The normalized spacial score (nSPS) is 26.5. The molecule has 2 N–H and O–H groups in total. The zero-order chi connectivity index (χ0) is 14.8. The van der Waals surface area contributed by atoms with Gasteiger partial charge in [-0.3, -0.25) is 4.79 Å². The summed E-state index contributed by atoms with van der Waals surface area (Å²) in [6.45, 7) is 1.76. The minimum Gasteiger partial charge on any atom is -0.497 e. The number of ether oxygens (including phenoxy) is 1. The number of carbonyl (C=O) groups is 1. The molecule has 22 heavy (non-hydrogen) atoms. The van der Waals surface area contributed by atoms with Crippen molar-refractivity contribution < 1.29 is 9.53 Å². The van der Waals surface area contributed by atoms with Crippen LogP contribution in [0.3, 0.4) is 0 Å². The highest BCUT2D eigenvalue weighted by molar-refractivity contribution is 8.00. The number of benzene rings is 1. The second-order valence-corrected chi connectivity index (χ2v) is 6.98. The van der Waals surface area contributed by atoms with Crippen molar-refractivity contribution in [2.75, 3.05) is 26.0 Å². The van der Waals surface area contributed by atoms with Gasteiger partial charge in [0.2, 0.25) is 5.91 Å². The largest absolute Gasteiger partial charge is 0.497 e. The Morgan fingerprint density at radius 1 is 1.32 bits per heavy atom. The molecule has 0 spiro atoms. The Bertz CT molecular complexity index is 511. The van der Waals surface area contributed by atoms with Gasteiger partial charge in [0, 0.05) is 24.0 Å². The minimum atomic E-state index is 0. The first kappa shape index (κ1) is 17.4. The molecule has 1 aromatic carbocycles. The molecule has 1 aliphatic heterocycles. The van der Waals surface area contributed by atoms with Gasteiger partial charge in [0.25, 0.3) is 0 Å². The van der Waals surface area contributed by atoms with Gasteiger partial charge in [0.15, 0.2) is 0 Å². The van der Waals surface area contributed by atoms with Gasteiger partial charge in [-0.2, -0.15) is 0 Å². The Hall–Kier alpha value is -0.910. The lowest BCUT2D eigenvalue weighted by Crippen LogP contribution is -2.34. The van der Waals surface area contributed by atoms with Crippen LogP contribution in [0, 0.1) is 11.8 Å². The van der Waals surface area contributed by atoms with E-state index in [0.29, 0.717) is 23.6 Å². The van der Waals surface area contributed by atoms with Crippen molar-refractivity contribution in [3.05, 3.63) is 24.3 Å². The summed E-state index contributed by atoms with van der Waals surface area (Å²) >= 11 is 1.59. The lowest BCUT2D eigenvalue weighted by atomic mass is 9.98. The lowest BCUT2D eigenvalue weighted by Gasteiger charge is -2.18. The quantitative estimate of drug-likeness (QED) is 0.854.